The van der Waals surface area contributed by atoms with Crippen LogP contribution in [0.5, 0.6) is 0 Å². The Morgan fingerprint density at radius 2 is 1.85 bits per heavy atom. The Bertz CT molecular complexity index is 1120. The van der Waals surface area contributed by atoms with Crippen molar-refractivity contribution in [3.05, 3.63) is 66.1 Å². The summed E-state index contributed by atoms with van der Waals surface area (Å²) in [5.41, 5.74) is 3.91. The van der Waals surface area contributed by atoms with Gasteiger partial charge in [-0.1, -0.05) is 18.2 Å². The third kappa shape index (κ3) is 3.10. The Labute approximate surface area is 158 Å². The zero-order valence-corrected chi connectivity index (χ0v) is 15.9. The van der Waals surface area contributed by atoms with Crippen LogP contribution in [0.2, 0.25) is 0 Å². The van der Waals surface area contributed by atoms with Gasteiger partial charge in [0.1, 0.15) is 5.82 Å². The number of nitrogens with one attached hydrogen (secondary N) is 1. The van der Waals surface area contributed by atoms with Crippen LogP contribution < -0.4 is 5.32 Å². The van der Waals surface area contributed by atoms with Crippen LogP contribution in [0.25, 0.3) is 21.9 Å². The summed E-state index contributed by atoms with van der Waals surface area (Å²) in [5.74, 6) is 0.932. The summed E-state index contributed by atoms with van der Waals surface area (Å²) in [6, 6.07) is 16.4. The average molecular weight is 360 g/mol. The Kier molecular flexibility index (Phi) is 4.44. The highest BCUT2D eigenvalue weighted by atomic mass is 16.1. The molecular weight excluding hydrogens is 336 g/mol. The molecule has 2 aromatic carbocycles. The van der Waals surface area contributed by atoms with E-state index in [1.165, 1.54) is 0 Å². The van der Waals surface area contributed by atoms with Crippen molar-refractivity contribution in [2.45, 2.75) is 26.3 Å². The minimum absolute atomic E-state index is 0.0409. The summed E-state index contributed by atoms with van der Waals surface area (Å²) in [7, 11) is 2.02. The second-order valence-electron chi connectivity index (χ2n) is 7.14. The minimum Gasteiger partial charge on any atom is -0.352 e. The van der Waals surface area contributed by atoms with Gasteiger partial charge in [0.2, 0.25) is 0 Å². The first-order chi connectivity index (χ1) is 13.1. The van der Waals surface area contributed by atoms with Crippen LogP contribution in [-0.4, -0.2) is 26.6 Å². The summed E-state index contributed by atoms with van der Waals surface area (Å²) in [5, 5.41) is 4.04. The fraction of sp³-hybridized carbons (Fsp3) is 0.273. The molecular formula is C22H24N4O. The molecule has 0 atom stereocenters. The first-order valence-electron chi connectivity index (χ1n) is 9.34. The molecule has 0 aliphatic carbocycles. The van der Waals surface area contributed by atoms with E-state index in [9.17, 15) is 4.79 Å². The molecule has 0 saturated carbocycles. The van der Waals surface area contributed by atoms with Crippen molar-refractivity contribution in [3.8, 4) is 0 Å². The highest BCUT2D eigenvalue weighted by Crippen LogP contribution is 2.23. The van der Waals surface area contributed by atoms with E-state index in [-0.39, 0.29) is 5.91 Å². The lowest BCUT2D eigenvalue weighted by molar-refractivity contribution is 0.0955. The molecule has 0 aliphatic rings. The molecule has 4 aromatic rings. The Balaban J connectivity index is 1.50. The fourth-order valence-electron chi connectivity index (χ4n) is 3.64. The number of para-hydroxylation sites is 2. The summed E-state index contributed by atoms with van der Waals surface area (Å²) in [6.07, 6.45) is 2.74. The van der Waals surface area contributed by atoms with Crippen LogP contribution in [0.3, 0.4) is 0 Å². The maximum Gasteiger partial charge on any atom is 0.251 e. The van der Waals surface area contributed by atoms with E-state index in [2.05, 4.69) is 45.4 Å². The molecule has 0 saturated heterocycles. The largest absolute Gasteiger partial charge is 0.352 e. The Morgan fingerprint density at radius 3 is 2.63 bits per heavy atom. The zero-order valence-electron chi connectivity index (χ0n) is 15.9. The quantitative estimate of drug-likeness (QED) is 0.583. The van der Waals surface area contributed by atoms with Crippen molar-refractivity contribution in [2.75, 3.05) is 6.54 Å². The summed E-state index contributed by atoms with van der Waals surface area (Å²) in [6.45, 7) is 4.84. The number of hydrogen-bond acceptors (Lipinski definition) is 2. The van der Waals surface area contributed by atoms with Gasteiger partial charge in [0.25, 0.3) is 5.91 Å². The van der Waals surface area contributed by atoms with Crippen LogP contribution in [-0.2, 0) is 13.5 Å². The van der Waals surface area contributed by atoms with Gasteiger partial charge < -0.3 is 14.5 Å². The number of fused-ring (bicyclic) bond motifs is 2. The van der Waals surface area contributed by atoms with Gasteiger partial charge in [0, 0.05) is 48.7 Å². The number of aryl methyl sites for hydroxylation is 1. The van der Waals surface area contributed by atoms with E-state index in [1.54, 1.807) is 0 Å². The standard InChI is InChI=1S/C22H24N4O/c1-15(2)26-14-12-16-17(7-6-10-19(16)26)22(27)23-13-11-21-24-18-8-4-5-9-20(18)25(21)3/h4-10,12,14-15H,11,13H2,1-3H3,(H,23,27). The molecule has 5 heteroatoms. The van der Waals surface area contributed by atoms with Crippen molar-refractivity contribution in [1.82, 2.24) is 19.4 Å². The highest BCUT2D eigenvalue weighted by Gasteiger charge is 2.13. The van der Waals surface area contributed by atoms with E-state index in [0.717, 1.165) is 33.3 Å². The number of nitrogens with zero attached hydrogens (tertiary/aromatic N) is 3. The lowest BCUT2D eigenvalue weighted by Gasteiger charge is -2.10. The van der Waals surface area contributed by atoms with Crippen LogP contribution in [0.4, 0.5) is 0 Å². The third-order valence-electron chi connectivity index (χ3n) is 5.08. The lowest BCUT2D eigenvalue weighted by Crippen LogP contribution is -2.26. The predicted molar refractivity (Wildman–Crippen MR) is 109 cm³/mol. The molecule has 1 N–H and O–H groups in total. The van der Waals surface area contributed by atoms with E-state index in [4.69, 9.17) is 0 Å². The smallest absolute Gasteiger partial charge is 0.251 e. The molecule has 0 bridgehead atoms. The van der Waals surface area contributed by atoms with E-state index >= 15 is 0 Å². The number of rotatable bonds is 5. The molecule has 1 amide bonds. The van der Waals surface area contributed by atoms with E-state index in [1.807, 2.05) is 49.6 Å². The first kappa shape index (κ1) is 17.3. The average Bonchev–Trinajstić information content (AvgIpc) is 3.23. The number of imidazole rings is 1. The van der Waals surface area contributed by atoms with Crippen LogP contribution in [0.1, 0.15) is 36.1 Å². The van der Waals surface area contributed by atoms with Crippen molar-refractivity contribution in [1.29, 1.82) is 0 Å². The highest BCUT2D eigenvalue weighted by molar-refractivity contribution is 6.06. The molecule has 0 aliphatic heterocycles. The molecule has 0 fully saturated rings. The first-order valence-corrected chi connectivity index (χ1v) is 9.34. The summed E-state index contributed by atoms with van der Waals surface area (Å²) in [4.78, 5) is 17.4. The molecule has 0 spiro atoms. The molecule has 2 heterocycles. The molecule has 2 aromatic heterocycles. The number of hydrogen-bond donors (Lipinski definition) is 1. The van der Waals surface area contributed by atoms with Gasteiger partial charge >= 0.3 is 0 Å². The molecule has 4 rings (SSSR count). The van der Waals surface area contributed by atoms with Crippen LogP contribution in [0, 0.1) is 0 Å². The van der Waals surface area contributed by atoms with E-state index < -0.39 is 0 Å². The summed E-state index contributed by atoms with van der Waals surface area (Å²) >= 11 is 0. The number of carbonyl (C=O) groups excluding carboxylic acids is 1. The van der Waals surface area contributed by atoms with Crippen LogP contribution in [0.15, 0.2) is 54.7 Å². The van der Waals surface area contributed by atoms with Gasteiger partial charge in [-0.2, -0.15) is 0 Å². The Hall–Kier alpha value is -3.08. The monoisotopic (exact) mass is 360 g/mol. The predicted octanol–water partition coefficient (Wildman–Crippen LogP) is 4.08. The van der Waals surface area contributed by atoms with Crippen molar-refractivity contribution in [3.63, 3.8) is 0 Å². The minimum atomic E-state index is -0.0409. The number of aromatic nitrogens is 3. The molecule has 138 valence electrons. The number of amides is 1. The van der Waals surface area contributed by atoms with Crippen molar-refractivity contribution < 1.29 is 4.79 Å². The van der Waals surface area contributed by atoms with Gasteiger partial charge in [-0.3, -0.25) is 4.79 Å². The molecule has 0 radical (unpaired) electrons. The van der Waals surface area contributed by atoms with Gasteiger partial charge in [0.15, 0.2) is 0 Å². The van der Waals surface area contributed by atoms with Gasteiger partial charge in [-0.05, 0) is 44.2 Å². The van der Waals surface area contributed by atoms with Gasteiger partial charge in [-0.15, -0.1) is 0 Å². The second kappa shape index (κ2) is 6.91. The molecule has 5 nitrogen and oxygen atoms in total. The zero-order chi connectivity index (χ0) is 19.0. The maximum absolute atomic E-state index is 12.7. The lowest BCUT2D eigenvalue weighted by atomic mass is 10.1. The fourth-order valence-corrected chi connectivity index (χ4v) is 3.64. The normalized spacial score (nSPS) is 11.6. The topological polar surface area (TPSA) is 51.9 Å². The second-order valence-corrected chi connectivity index (χ2v) is 7.14. The number of carbonyl (C=O) groups is 1. The van der Waals surface area contributed by atoms with Gasteiger partial charge in [-0.25, -0.2) is 4.98 Å². The third-order valence-corrected chi connectivity index (χ3v) is 5.08. The van der Waals surface area contributed by atoms with Crippen LogP contribution >= 0.6 is 0 Å². The molecule has 0 unspecified atom stereocenters. The van der Waals surface area contributed by atoms with Gasteiger partial charge in [0.05, 0.1) is 11.0 Å². The SMILES string of the molecule is CC(C)n1ccc2c(C(=O)NCCc3nc4ccccc4n3C)cccc21. The molecule has 27 heavy (non-hydrogen) atoms. The number of benzene rings is 2. The van der Waals surface area contributed by atoms with E-state index in [0.29, 0.717) is 19.0 Å². The van der Waals surface area contributed by atoms with Crippen molar-refractivity contribution >= 4 is 27.8 Å². The summed E-state index contributed by atoms with van der Waals surface area (Å²) < 4.78 is 4.27. The van der Waals surface area contributed by atoms with Crippen molar-refractivity contribution in [2.24, 2.45) is 7.05 Å². The maximum atomic E-state index is 12.7. The Morgan fingerprint density at radius 1 is 1.07 bits per heavy atom.